The van der Waals surface area contributed by atoms with Crippen molar-refractivity contribution in [2.24, 2.45) is 0 Å². The molecule has 68 valence electrons. The van der Waals surface area contributed by atoms with Gasteiger partial charge in [0, 0.05) is 11.8 Å². The van der Waals surface area contributed by atoms with Gasteiger partial charge in [0.1, 0.15) is 11.8 Å². The van der Waals surface area contributed by atoms with E-state index in [0.29, 0.717) is 17.9 Å². The smallest absolute Gasteiger partial charge is 0.184 e. The first kappa shape index (κ1) is 9.40. The number of hydrogen-bond donors (Lipinski definition) is 1. The Morgan fingerprint density at radius 2 is 2.38 bits per heavy atom. The van der Waals surface area contributed by atoms with Gasteiger partial charge in [-0.05, 0) is 18.6 Å². The predicted molar refractivity (Wildman–Crippen MR) is 51.2 cm³/mol. The van der Waals surface area contributed by atoms with Crippen LogP contribution in [-0.4, -0.2) is 6.10 Å². The number of anilines is 1. The molecule has 1 unspecified atom stereocenters. The van der Waals surface area contributed by atoms with Crippen molar-refractivity contribution in [1.29, 1.82) is 5.26 Å². The highest BCUT2D eigenvalue weighted by Gasteiger charge is 2.05. The van der Waals surface area contributed by atoms with Crippen molar-refractivity contribution in [2.45, 2.75) is 19.4 Å². The zero-order chi connectivity index (χ0) is 9.68. The van der Waals surface area contributed by atoms with Gasteiger partial charge in [-0.2, -0.15) is 5.26 Å². The minimum Gasteiger partial charge on any atom is -0.476 e. The van der Waals surface area contributed by atoms with E-state index in [4.69, 9.17) is 15.7 Å². The summed E-state index contributed by atoms with van der Waals surface area (Å²) in [7, 11) is 0. The Labute approximate surface area is 77.7 Å². The van der Waals surface area contributed by atoms with Crippen molar-refractivity contribution in [3.63, 3.8) is 0 Å². The van der Waals surface area contributed by atoms with E-state index < -0.39 is 0 Å². The van der Waals surface area contributed by atoms with E-state index in [1.54, 1.807) is 24.3 Å². The number of nitrogen functional groups attached to an aromatic ring is 1. The molecular formula is C10H12N2O. The maximum Gasteiger partial charge on any atom is 0.184 e. The Bertz CT molecular complexity index is 317. The van der Waals surface area contributed by atoms with Gasteiger partial charge in [0.05, 0.1) is 0 Å². The second-order valence-corrected chi connectivity index (χ2v) is 2.72. The summed E-state index contributed by atoms with van der Waals surface area (Å²) < 4.78 is 5.35. The fourth-order valence-electron chi connectivity index (χ4n) is 0.953. The van der Waals surface area contributed by atoms with Gasteiger partial charge >= 0.3 is 0 Å². The Kier molecular flexibility index (Phi) is 3.15. The number of rotatable bonds is 3. The summed E-state index contributed by atoms with van der Waals surface area (Å²) in [6.07, 6.45) is 0.285. The molecule has 1 rings (SSSR count). The van der Waals surface area contributed by atoms with Crippen LogP contribution in [-0.2, 0) is 0 Å². The molecule has 0 saturated carbocycles. The number of benzene rings is 1. The summed E-state index contributed by atoms with van der Waals surface area (Å²) in [4.78, 5) is 0. The van der Waals surface area contributed by atoms with Crippen LogP contribution in [0.4, 0.5) is 5.69 Å². The molecule has 0 aliphatic heterocycles. The van der Waals surface area contributed by atoms with Crippen LogP contribution in [0.3, 0.4) is 0 Å². The lowest BCUT2D eigenvalue weighted by atomic mass is 10.3. The topological polar surface area (TPSA) is 59.0 Å². The number of hydrogen-bond acceptors (Lipinski definition) is 3. The van der Waals surface area contributed by atoms with Crippen LogP contribution in [0.25, 0.3) is 0 Å². The first-order chi connectivity index (χ1) is 6.26. The van der Waals surface area contributed by atoms with Crippen LogP contribution in [0.1, 0.15) is 13.3 Å². The summed E-state index contributed by atoms with van der Waals surface area (Å²) in [5.41, 5.74) is 6.20. The highest BCUT2D eigenvalue weighted by atomic mass is 16.5. The number of nitrogens with zero attached hydrogens (tertiary/aromatic N) is 1. The van der Waals surface area contributed by atoms with Crippen molar-refractivity contribution in [3.8, 4) is 11.8 Å². The highest BCUT2D eigenvalue weighted by Crippen LogP contribution is 2.16. The molecule has 1 aromatic rings. The van der Waals surface area contributed by atoms with Crippen LogP contribution < -0.4 is 10.5 Å². The molecule has 13 heavy (non-hydrogen) atoms. The number of nitriles is 1. The van der Waals surface area contributed by atoms with Crippen LogP contribution in [0.5, 0.6) is 5.75 Å². The second kappa shape index (κ2) is 4.36. The molecule has 0 amide bonds. The molecule has 0 heterocycles. The fourth-order valence-corrected chi connectivity index (χ4v) is 0.953. The maximum atomic E-state index is 8.65. The van der Waals surface area contributed by atoms with Crippen LogP contribution in [0.2, 0.25) is 0 Å². The molecule has 2 N–H and O–H groups in total. The van der Waals surface area contributed by atoms with E-state index in [2.05, 4.69) is 6.07 Å². The van der Waals surface area contributed by atoms with E-state index in [0.717, 1.165) is 0 Å². The Balaban J connectivity index is 2.69. The molecular weight excluding hydrogens is 164 g/mol. The summed E-state index contributed by atoms with van der Waals surface area (Å²) in [6.45, 7) is 1.90. The quantitative estimate of drug-likeness (QED) is 0.716. The lowest BCUT2D eigenvalue weighted by molar-refractivity contribution is 0.252. The Morgan fingerprint density at radius 3 is 2.92 bits per heavy atom. The molecule has 0 radical (unpaired) electrons. The van der Waals surface area contributed by atoms with E-state index in [1.807, 2.05) is 6.92 Å². The minimum absolute atomic E-state index is 0.387. The third-order valence-electron chi connectivity index (χ3n) is 1.65. The normalized spacial score (nSPS) is 11.7. The van der Waals surface area contributed by atoms with E-state index >= 15 is 0 Å². The average Bonchev–Trinajstić information content (AvgIpc) is 2.14. The van der Waals surface area contributed by atoms with Gasteiger partial charge in [-0.25, -0.2) is 0 Å². The third kappa shape index (κ3) is 2.68. The molecule has 0 bridgehead atoms. The summed E-state index contributed by atoms with van der Waals surface area (Å²) in [5, 5.41) is 8.65. The first-order valence-corrected chi connectivity index (χ1v) is 4.18. The molecule has 0 aromatic heterocycles. The predicted octanol–water partition coefficient (Wildman–Crippen LogP) is 1.95. The van der Waals surface area contributed by atoms with Crippen LogP contribution >= 0.6 is 0 Å². The molecule has 1 atom stereocenters. The zero-order valence-corrected chi connectivity index (χ0v) is 7.53. The number of ether oxygens (including phenoxy) is 1. The monoisotopic (exact) mass is 176 g/mol. The van der Waals surface area contributed by atoms with Crippen molar-refractivity contribution >= 4 is 5.69 Å². The minimum atomic E-state index is -0.387. The van der Waals surface area contributed by atoms with Crippen molar-refractivity contribution in [2.75, 3.05) is 5.73 Å². The summed E-state index contributed by atoms with van der Waals surface area (Å²) >= 11 is 0. The Hall–Kier alpha value is -1.69. The maximum absolute atomic E-state index is 8.65. The second-order valence-electron chi connectivity index (χ2n) is 2.72. The van der Waals surface area contributed by atoms with Gasteiger partial charge < -0.3 is 10.5 Å². The first-order valence-electron chi connectivity index (χ1n) is 4.18. The van der Waals surface area contributed by atoms with Gasteiger partial charge in [0.25, 0.3) is 0 Å². The number of nitrogens with two attached hydrogens (primary N) is 1. The molecule has 1 aromatic carbocycles. The van der Waals surface area contributed by atoms with Crippen LogP contribution in [0.15, 0.2) is 24.3 Å². The molecule has 0 fully saturated rings. The third-order valence-corrected chi connectivity index (χ3v) is 1.65. The van der Waals surface area contributed by atoms with E-state index in [9.17, 15) is 0 Å². The zero-order valence-electron chi connectivity index (χ0n) is 7.53. The summed E-state index contributed by atoms with van der Waals surface area (Å²) in [6, 6.07) is 9.13. The van der Waals surface area contributed by atoms with Crippen molar-refractivity contribution in [1.82, 2.24) is 0 Å². The van der Waals surface area contributed by atoms with Crippen LogP contribution in [0, 0.1) is 11.3 Å². The summed E-state index contributed by atoms with van der Waals surface area (Å²) in [5.74, 6) is 0.647. The van der Waals surface area contributed by atoms with Gasteiger partial charge in [0.15, 0.2) is 6.10 Å². The van der Waals surface area contributed by atoms with Gasteiger partial charge in [0.2, 0.25) is 0 Å². The van der Waals surface area contributed by atoms with Crippen molar-refractivity contribution in [3.05, 3.63) is 24.3 Å². The largest absolute Gasteiger partial charge is 0.476 e. The molecule has 3 nitrogen and oxygen atoms in total. The lowest BCUT2D eigenvalue weighted by Gasteiger charge is -2.09. The van der Waals surface area contributed by atoms with Crippen molar-refractivity contribution < 1.29 is 4.74 Å². The molecule has 0 spiro atoms. The van der Waals surface area contributed by atoms with Gasteiger partial charge in [-0.15, -0.1) is 0 Å². The lowest BCUT2D eigenvalue weighted by Crippen LogP contribution is -2.12. The highest BCUT2D eigenvalue weighted by molar-refractivity contribution is 5.43. The van der Waals surface area contributed by atoms with E-state index in [1.165, 1.54) is 0 Å². The molecule has 0 aliphatic rings. The van der Waals surface area contributed by atoms with E-state index in [-0.39, 0.29) is 6.10 Å². The van der Waals surface area contributed by atoms with Gasteiger partial charge in [-0.3, -0.25) is 0 Å². The average molecular weight is 176 g/mol. The molecule has 0 saturated heterocycles. The molecule has 0 aliphatic carbocycles. The SMILES string of the molecule is CCC(C#N)Oc1cccc(N)c1. The fraction of sp³-hybridized carbons (Fsp3) is 0.300. The molecule has 3 heteroatoms. The standard InChI is InChI=1S/C10H12N2O/c1-2-9(7-11)13-10-5-3-4-8(12)6-10/h3-6,9H,2,12H2,1H3. The van der Waals surface area contributed by atoms with Gasteiger partial charge in [-0.1, -0.05) is 13.0 Å². The Morgan fingerprint density at radius 1 is 1.62 bits per heavy atom.